The summed E-state index contributed by atoms with van der Waals surface area (Å²) >= 11 is 6.00. The van der Waals surface area contributed by atoms with Crippen LogP contribution in [0.15, 0.2) is 48.8 Å². The summed E-state index contributed by atoms with van der Waals surface area (Å²) in [6, 6.07) is 11.7. The van der Waals surface area contributed by atoms with E-state index in [9.17, 15) is 4.79 Å². The minimum absolute atomic E-state index is 0.0743. The van der Waals surface area contributed by atoms with Crippen molar-refractivity contribution in [3.8, 4) is 11.3 Å². The van der Waals surface area contributed by atoms with Gasteiger partial charge in [-0.2, -0.15) is 10.2 Å². The molecular weight excluding hydrogens is 324 g/mol. The molecule has 4 rings (SSSR count). The maximum absolute atomic E-state index is 12.4. The quantitative estimate of drug-likeness (QED) is 0.752. The number of carbonyl (C=O) groups excluding carboxylic acids is 1. The molecule has 2 aromatic heterocycles. The Balaban J connectivity index is 1.82. The Kier molecular flexibility index (Phi) is 3.78. The molecule has 3 aromatic rings. The second-order valence-electron chi connectivity index (χ2n) is 5.79. The topological polar surface area (TPSA) is 70.7 Å². The number of aromatic nitrogens is 3. The van der Waals surface area contributed by atoms with Crippen LogP contribution in [0, 0.1) is 0 Å². The summed E-state index contributed by atoms with van der Waals surface area (Å²) in [5, 5.41) is 11.4. The molecule has 120 valence electrons. The first-order chi connectivity index (χ1) is 11.7. The van der Waals surface area contributed by atoms with Crippen LogP contribution in [0.2, 0.25) is 5.02 Å². The van der Waals surface area contributed by atoms with Gasteiger partial charge in [-0.25, -0.2) is 0 Å². The second-order valence-corrected chi connectivity index (χ2v) is 6.23. The maximum Gasteiger partial charge on any atom is 0.268 e. The molecule has 2 N–H and O–H groups in total. The van der Waals surface area contributed by atoms with Gasteiger partial charge in [-0.1, -0.05) is 23.7 Å². The maximum atomic E-state index is 12.4. The summed E-state index contributed by atoms with van der Waals surface area (Å²) < 4.78 is 0. The molecule has 5 nitrogen and oxygen atoms in total. The Morgan fingerprint density at radius 2 is 1.96 bits per heavy atom. The lowest BCUT2D eigenvalue weighted by atomic mass is 9.89. The van der Waals surface area contributed by atoms with Gasteiger partial charge in [-0.3, -0.25) is 4.79 Å². The molecule has 3 heterocycles. The Bertz CT molecular complexity index is 874. The standard InChI is InChI=1S/C18H15ClN4O/c19-13-3-1-11(2-4-13)14-6-7-20-18(24)17-15(14)9-16(23-17)12-5-8-21-22-10-12/h1-5,8-10,14,23H,6-7H2,(H,20,24). The van der Waals surface area contributed by atoms with Crippen molar-refractivity contribution in [1.29, 1.82) is 0 Å². The highest BCUT2D eigenvalue weighted by molar-refractivity contribution is 6.30. The number of amides is 1. The van der Waals surface area contributed by atoms with Crippen LogP contribution in [0.5, 0.6) is 0 Å². The average Bonchev–Trinajstić information content (AvgIpc) is 2.99. The second kappa shape index (κ2) is 6.09. The van der Waals surface area contributed by atoms with Gasteiger partial charge < -0.3 is 10.3 Å². The van der Waals surface area contributed by atoms with Crippen molar-refractivity contribution >= 4 is 17.5 Å². The van der Waals surface area contributed by atoms with Crippen LogP contribution in [0.1, 0.15) is 34.0 Å². The van der Waals surface area contributed by atoms with Gasteiger partial charge in [0.25, 0.3) is 5.91 Å². The highest BCUT2D eigenvalue weighted by atomic mass is 35.5. The van der Waals surface area contributed by atoms with Crippen molar-refractivity contribution in [3.05, 3.63) is 70.6 Å². The lowest BCUT2D eigenvalue weighted by Gasteiger charge is -2.14. The van der Waals surface area contributed by atoms with Gasteiger partial charge in [0, 0.05) is 28.7 Å². The number of hydrogen-bond donors (Lipinski definition) is 2. The molecule has 6 heteroatoms. The summed E-state index contributed by atoms with van der Waals surface area (Å²) in [7, 11) is 0. The van der Waals surface area contributed by atoms with E-state index in [1.54, 1.807) is 12.4 Å². The van der Waals surface area contributed by atoms with E-state index in [0.29, 0.717) is 17.3 Å². The molecule has 1 amide bonds. The van der Waals surface area contributed by atoms with Gasteiger partial charge in [0.2, 0.25) is 0 Å². The number of aromatic amines is 1. The van der Waals surface area contributed by atoms with E-state index >= 15 is 0 Å². The fraction of sp³-hybridized carbons (Fsp3) is 0.167. The predicted octanol–water partition coefficient (Wildman–Crippen LogP) is 3.39. The fourth-order valence-corrected chi connectivity index (χ4v) is 3.28. The number of halogens is 1. The Hall–Kier alpha value is -2.66. The number of hydrogen-bond acceptors (Lipinski definition) is 3. The van der Waals surface area contributed by atoms with Gasteiger partial charge >= 0.3 is 0 Å². The van der Waals surface area contributed by atoms with E-state index in [1.165, 1.54) is 0 Å². The lowest BCUT2D eigenvalue weighted by molar-refractivity contribution is 0.0952. The minimum Gasteiger partial charge on any atom is -0.351 e. The molecule has 24 heavy (non-hydrogen) atoms. The van der Waals surface area contributed by atoms with Crippen LogP contribution >= 0.6 is 11.6 Å². The SMILES string of the molecule is O=C1NCCC(c2ccc(Cl)cc2)c2cc(-c3ccnnc3)[nH]c21. The summed E-state index contributed by atoms with van der Waals surface area (Å²) in [6.45, 7) is 0.640. The first-order valence-electron chi connectivity index (χ1n) is 7.76. The normalized spacial score (nSPS) is 17.0. The third-order valence-electron chi connectivity index (χ3n) is 4.34. The number of carbonyl (C=O) groups is 1. The third-order valence-corrected chi connectivity index (χ3v) is 4.59. The van der Waals surface area contributed by atoms with Crippen molar-refractivity contribution in [2.24, 2.45) is 0 Å². The van der Waals surface area contributed by atoms with Crippen molar-refractivity contribution < 1.29 is 4.79 Å². The highest BCUT2D eigenvalue weighted by Gasteiger charge is 2.27. The Morgan fingerprint density at radius 3 is 2.71 bits per heavy atom. The van der Waals surface area contributed by atoms with Gasteiger partial charge in [-0.15, -0.1) is 0 Å². The van der Waals surface area contributed by atoms with Crippen molar-refractivity contribution in [2.45, 2.75) is 12.3 Å². The number of rotatable bonds is 2. The van der Waals surface area contributed by atoms with Crippen LogP contribution in [-0.2, 0) is 0 Å². The summed E-state index contributed by atoms with van der Waals surface area (Å²) in [6.07, 6.45) is 4.16. The van der Waals surface area contributed by atoms with Crippen LogP contribution in [0.4, 0.5) is 0 Å². The first-order valence-corrected chi connectivity index (χ1v) is 8.14. The van der Waals surface area contributed by atoms with Gasteiger partial charge in [0.15, 0.2) is 0 Å². The molecule has 1 atom stereocenters. The zero-order valence-electron chi connectivity index (χ0n) is 12.8. The van der Waals surface area contributed by atoms with Crippen molar-refractivity contribution in [2.75, 3.05) is 6.54 Å². The molecule has 0 saturated carbocycles. The zero-order chi connectivity index (χ0) is 16.5. The van der Waals surface area contributed by atoms with E-state index < -0.39 is 0 Å². The first kappa shape index (κ1) is 14.9. The summed E-state index contributed by atoms with van der Waals surface area (Å²) in [4.78, 5) is 15.6. The molecule has 1 unspecified atom stereocenters. The molecule has 0 fully saturated rings. The number of nitrogens with zero attached hydrogens (tertiary/aromatic N) is 2. The smallest absolute Gasteiger partial charge is 0.268 e. The van der Waals surface area contributed by atoms with E-state index in [4.69, 9.17) is 11.6 Å². The summed E-state index contributed by atoms with van der Waals surface area (Å²) in [5.74, 6) is 0.0609. The molecule has 0 radical (unpaired) electrons. The fourth-order valence-electron chi connectivity index (χ4n) is 3.15. The third kappa shape index (κ3) is 2.67. The van der Waals surface area contributed by atoms with E-state index in [-0.39, 0.29) is 11.8 Å². The largest absolute Gasteiger partial charge is 0.351 e. The summed E-state index contributed by atoms with van der Waals surface area (Å²) in [5.41, 5.74) is 4.53. The van der Waals surface area contributed by atoms with Gasteiger partial charge in [0.05, 0.1) is 12.4 Å². The Labute approximate surface area is 144 Å². The molecule has 0 aliphatic carbocycles. The van der Waals surface area contributed by atoms with Crippen LogP contribution in [0.3, 0.4) is 0 Å². The minimum atomic E-state index is -0.0743. The predicted molar refractivity (Wildman–Crippen MR) is 92.1 cm³/mol. The van der Waals surface area contributed by atoms with E-state index in [2.05, 4.69) is 20.5 Å². The highest BCUT2D eigenvalue weighted by Crippen LogP contribution is 2.35. The molecule has 0 bridgehead atoms. The van der Waals surface area contributed by atoms with Gasteiger partial charge in [0.1, 0.15) is 5.69 Å². The van der Waals surface area contributed by atoms with E-state index in [0.717, 1.165) is 28.8 Å². The molecule has 1 aliphatic rings. The molecular formula is C18H15ClN4O. The molecule has 1 aromatic carbocycles. The van der Waals surface area contributed by atoms with Crippen molar-refractivity contribution in [1.82, 2.24) is 20.5 Å². The lowest BCUT2D eigenvalue weighted by Crippen LogP contribution is -2.23. The number of benzene rings is 1. The van der Waals surface area contributed by atoms with Crippen LogP contribution in [-0.4, -0.2) is 27.6 Å². The number of fused-ring (bicyclic) bond motifs is 1. The number of H-pyrrole nitrogens is 1. The monoisotopic (exact) mass is 338 g/mol. The number of nitrogens with one attached hydrogen (secondary N) is 2. The average molecular weight is 339 g/mol. The molecule has 1 aliphatic heterocycles. The van der Waals surface area contributed by atoms with Crippen LogP contribution in [0.25, 0.3) is 11.3 Å². The Morgan fingerprint density at radius 1 is 1.12 bits per heavy atom. The zero-order valence-corrected chi connectivity index (χ0v) is 13.5. The van der Waals surface area contributed by atoms with Gasteiger partial charge in [-0.05, 0) is 41.8 Å². The van der Waals surface area contributed by atoms with E-state index in [1.807, 2.05) is 36.4 Å². The molecule has 0 spiro atoms. The van der Waals surface area contributed by atoms with Crippen molar-refractivity contribution in [3.63, 3.8) is 0 Å². The van der Waals surface area contributed by atoms with Crippen LogP contribution < -0.4 is 5.32 Å². The molecule has 0 saturated heterocycles.